The third-order valence-corrected chi connectivity index (χ3v) is 5.03. The first kappa shape index (κ1) is 15.9. The van der Waals surface area contributed by atoms with Crippen molar-refractivity contribution < 1.29 is 21.6 Å². The van der Waals surface area contributed by atoms with Gasteiger partial charge in [0.05, 0.1) is 12.7 Å². The number of alkyl halides is 3. The van der Waals surface area contributed by atoms with Crippen LogP contribution in [0.15, 0.2) is 16.6 Å². The van der Waals surface area contributed by atoms with Crippen LogP contribution >= 0.6 is 11.3 Å². The number of nitrogens with zero attached hydrogens (tertiary/aromatic N) is 3. The largest absolute Gasteiger partial charge is 0.434 e. The zero-order valence-electron chi connectivity index (χ0n) is 11.0. The van der Waals surface area contributed by atoms with Gasteiger partial charge in [-0.1, -0.05) is 0 Å². The van der Waals surface area contributed by atoms with Crippen LogP contribution in [0.25, 0.3) is 0 Å². The van der Waals surface area contributed by atoms with E-state index in [1.807, 2.05) is 0 Å². The zero-order valence-corrected chi connectivity index (χ0v) is 12.6. The van der Waals surface area contributed by atoms with Gasteiger partial charge in [-0.3, -0.25) is 4.68 Å². The van der Waals surface area contributed by atoms with Gasteiger partial charge in [0.2, 0.25) is 0 Å². The van der Waals surface area contributed by atoms with Gasteiger partial charge in [0, 0.05) is 18.0 Å². The van der Waals surface area contributed by atoms with Crippen LogP contribution in [0.4, 0.5) is 13.2 Å². The van der Waals surface area contributed by atoms with E-state index in [0.717, 1.165) is 16.7 Å². The minimum Gasteiger partial charge on any atom is -0.256 e. The molecule has 0 aliphatic carbocycles. The van der Waals surface area contributed by atoms with E-state index in [-0.39, 0.29) is 16.6 Å². The number of sulfonamides is 1. The van der Waals surface area contributed by atoms with Gasteiger partial charge in [-0.15, -0.1) is 11.3 Å². The van der Waals surface area contributed by atoms with Gasteiger partial charge in [0.15, 0.2) is 10.7 Å². The van der Waals surface area contributed by atoms with Crippen molar-refractivity contribution in [3.63, 3.8) is 0 Å². The van der Waals surface area contributed by atoms with Crippen LogP contribution in [0, 0.1) is 6.92 Å². The minimum atomic E-state index is -4.54. The molecule has 0 radical (unpaired) electrons. The second-order valence-corrected chi connectivity index (χ2v) is 6.83. The third-order valence-electron chi connectivity index (χ3n) is 2.57. The maximum absolute atomic E-state index is 12.4. The van der Waals surface area contributed by atoms with Crippen molar-refractivity contribution in [3.8, 4) is 0 Å². The fourth-order valence-corrected chi connectivity index (χ4v) is 3.84. The van der Waals surface area contributed by atoms with Crippen molar-refractivity contribution in [2.45, 2.75) is 24.7 Å². The summed E-state index contributed by atoms with van der Waals surface area (Å²) in [5, 5.41) is 4.66. The van der Waals surface area contributed by atoms with Gasteiger partial charge >= 0.3 is 6.18 Å². The number of rotatable bonds is 4. The molecule has 0 aromatic carbocycles. The van der Waals surface area contributed by atoms with Crippen molar-refractivity contribution in [2.75, 3.05) is 0 Å². The number of aryl methyl sites for hydroxylation is 2. The molecular formula is C10H11F3N4O2S2. The lowest BCUT2D eigenvalue weighted by molar-refractivity contribution is -0.140. The van der Waals surface area contributed by atoms with Crippen LogP contribution in [0.2, 0.25) is 0 Å². The summed E-state index contributed by atoms with van der Waals surface area (Å²) in [6.07, 6.45) is -3.15. The summed E-state index contributed by atoms with van der Waals surface area (Å²) in [5.41, 5.74) is -0.585. The standard InChI is InChI=1S/C10H11F3N4O2S2/c1-6-3-14-17(2)9(6)21(18,19)15-4-8-16-7(5-20-8)10(11,12)13/h3,5,15H,4H2,1-2H3. The van der Waals surface area contributed by atoms with E-state index in [1.54, 1.807) is 6.92 Å². The van der Waals surface area contributed by atoms with E-state index < -0.39 is 21.9 Å². The molecule has 0 saturated heterocycles. The third kappa shape index (κ3) is 3.41. The molecule has 21 heavy (non-hydrogen) atoms. The molecule has 0 bridgehead atoms. The van der Waals surface area contributed by atoms with Crippen molar-refractivity contribution >= 4 is 21.4 Å². The molecule has 2 heterocycles. The summed E-state index contributed by atoms with van der Waals surface area (Å²) in [6, 6.07) is 0. The van der Waals surface area contributed by atoms with Gasteiger partial charge in [0.1, 0.15) is 5.01 Å². The fourth-order valence-electron chi connectivity index (χ4n) is 1.67. The minimum absolute atomic E-state index is 0.0323. The Labute approximate surface area is 122 Å². The molecule has 0 aliphatic heterocycles. The Hall–Kier alpha value is -1.46. The van der Waals surface area contributed by atoms with Gasteiger partial charge in [-0.2, -0.15) is 18.3 Å². The fraction of sp³-hybridized carbons (Fsp3) is 0.400. The first-order chi connectivity index (χ1) is 9.61. The molecule has 0 unspecified atom stereocenters. The van der Waals surface area contributed by atoms with Gasteiger partial charge in [-0.05, 0) is 6.92 Å². The van der Waals surface area contributed by atoms with Gasteiger partial charge in [-0.25, -0.2) is 18.1 Å². The Kier molecular flexibility index (Phi) is 4.08. The molecule has 6 nitrogen and oxygen atoms in total. The zero-order chi connectivity index (χ0) is 15.8. The second kappa shape index (κ2) is 5.39. The molecule has 0 saturated carbocycles. The Morgan fingerprint density at radius 3 is 2.57 bits per heavy atom. The van der Waals surface area contributed by atoms with E-state index in [4.69, 9.17) is 0 Å². The highest BCUT2D eigenvalue weighted by Crippen LogP contribution is 2.30. The molecule has 11 heteroatoms. The van der Waals surface area contributed by atoms with E-state index >= 15 is 0 Å². The van der Waals surface area contributed by atoms with E-state index in [9.17, 15) is 21.6 Å². The number of thiazole rings is 1. The Bertz CT molecular complexity index is 729. The lowest BCUT2D eigenvalue weighted by Crippen LogP contribution is -2.26. The molecule has 1 N–H and O–H groups in total. The second-order valence-electron chi connectivity index (χ2n) is 4.21. The number of nitrogens with one attached hydrogen (secondary N) is 1. The molecule has 116 valence electrons. The normalized spacial score (nSPS) is 12.8. The Morgan fingerprint density at radius 1 is 1.43 bits per heavy atom. The predicted octanol–water partition coefficient (Wildman–Crippen LogP) is 1.68. The number of hydrogen-bond donors (Lipinski definition) is 1. The topological polar surface area (TPSA) is 76.9 Å². The average Bonchev–Trinajstić information content (AvgIpc) is 2.93. The number of halogens is 3. The van der Waals surface area contributed by atoms with Crippen molar-refractivity contribution in [3.05, 3.63) is 27.8 Å². The highest BCUT2D eigenvalue weighted by Gasteiger charge is 2.33. The van der Waals surface area contributed by atoms with E-state index in [1.165, 1.54) is 17.9 Å². The SMILES string of the molecule is Cc1cnn(C)c1S(=O)(=O)NCc1nc(C(F)(F)F)cs1. The summed E-state index contributed by atoms with van der Waals surface area (Å²) >= 11 is 0.742. The lowest BCUT2D eigenvalue weighted by atomic mass is 10.4. The van der Waals surface area contributed by atoms with Crippen molar-refractivity contribution in [1.29, 1.82) is 0 Å². The molecule has 0 atom stereocenters. The first-order valence-corrected chi connectivity index (χ1v) is 7.97. The maximum atomic E-state index is 12.4. The number of aromatic nitrogens is 3. The highest BCUT2D eigenvalue weighted by molar-refractivity contribution is 7.89. The van der Waals surface area contributed by atoms with E-state index in [2.05, 4.69) is 14.8 Å². The first-order valence-electron chi connectivity index (χ1n) is 5.61. The van der Waals surface area contributed by atoms with Gasteiger partial charge < -0.3 is 0 Å². The molecule has 0 aliphatic rings. The maximum Gasteiger partial charge on any atom is 0.434 e. The summed E-state index contributed by atoms with van der Waals surface area (Å²) in [5.74, 6) is 0. The highest BCUT2D eigenvalue weighted by atomic mass is 32.2. The molecule has 0 fully saturated rings. The van der Waals surface area contributed by atoms with Crippen LogP contribution in [0.3, 0.4) is 0 Å². The lowest BCUT2D eigenvalue weighted by Gasteiger charge is -2.06. The summed E-state index contributed by atoms with van der Waals surface area (Å²) < 4.78 is 64.8. The van der Waals surface area contributed by atoms with E-state index in [0.29, 0.717) is 5.56 Å². The van der Waals surface area contributed by atoms with Crippen molar-refractivity contribution in [2.24, 2.45) is 7.05 Å². The molecule has 2 aromatic heterocycles. The van der Waals surface area contributed by atoms with Crippen molar-refractivity contribution in [1.82, 2.24) is 19.5 Å². The summed E-state index contributed by atoms with van der Waals surface area (Å²) in [6.45, 7) is 1.26. The van der Waals surface area contributed by atoms with Crippen LogP contribution in [-0.2, 0) is 29.8 Å². The summed E-state index contributed by atoms with van der Waals surface area (Å²) in [7, 11) is -2.40. The molecular weight excluding hydrogens is 329 g/mol. The quantitative estimate of drug-likeness (QED) is 0.919. The summed E-state index contributed by atoms with van der Waals surface area (Å²) in [4.78, 5) is 3.35. The number of hydrogen-bond acceptors (Lipinski definition) is 5. The Morgan fingerprint density at radius 2 is 2.10 bits per heavy atom. The molecule has 0 amide bonds. The average molecular weight is 340 g/mol. The van der Waals surface area contributed by atoms with Crippen LogP contribution in [-0.4, -0.2) is 23.2 Å². The molecule has 2 rings (SSSR count). The smallest absolute Gasteiger partial charge is 0.256 e. The molecule has 2 aromatic rings. The monoisotopic (exact) mass is 340 g/mol. The van der Waals surface area contributed by atoms with Crippen LogP contribution in [0.1, 0.15) is 16.3 Å². The molecule has 0 spiro atoms. The predicted molar refractivity (Wildman–Crippen MR) is 69.1 cm³/mol. The van der Waals surface area contributed by atoms with Crippen LogP contribution < -0.4 is 4.72 Å². The Balaban J connectivity index is 2.15. The van der Waals surface area contributed by atoms with Gasteiger partial charge in [0.25, 0.3) is 10.0 Å². The van der Waals surface area contributed by atoms with Crippen LogP contribution in [0.5, 0.6) is 0 Å².